The van der Waals surface area contributed by atoms with Crippen molar-refractivity contribution in [1.29, 1.82) is 5.41 Å². The van der Waals surface area contributed by atoms with Gasteiger partial charge in [-0.2, -0.15) is 0 Å². The Morgan fingerprint density at radius 3 is 2.31 bits per heavy atom. The van der Waals surface area contributed by atoms with Gasteiger partial charge in [-0.15, -0.1) is 11.8 Å². The molecule has 0 aromatic heterocycles. The highest BCUT2D eigenvalue weighted by atomic mass is 32.2. The highest BCUT2D eigenvalue weighted by Crippen LogP contribution is 2.50. The number of carbonyl (C=O) groups is 4. The van der Waals surface area contributed by atoms with Crippen LogP contribution < -0.4 is 16.0 Å². The van der Waals surface area contributed by atoms with Crippen LogP contribution in [0, 0.1) is 5.41 Å². The molecule has 3 amide bonds. The smallest absolute Gasteiger partial charge is 0.327 e. The number of β-lactam (4-membered cyclic amide) rings is 1. The molecule has 36 heavy (non-hydrogen) atoms. The van der Waals surface area contributed by atoms with Gasteiger partial charge in [0.25, 0.3) is 0 Å². The fraction of sp³-hybridized carbons (Fsp3) is 0.320. The molecule has 2 fully saturated rings. The van der Waals surface area contributed by atoms with Crippen LogP contribution in [0.2, 0.25) is 0 Å². The number of carboxylic acids is 1. The van der Waals surface area contributed by atoms with Gasteiger partial charge < -0.3 is 26.0 Å². The zero-order valence-corrected chi connectivity index (χ0v) is 20.5. The van der Waals surface area contributed by atoms with Crippen LogP contribution in [0.5, 0.6) is 0 Å². The van der Waals surface area contributed by atoms with E-state index in [1.165, 1.54) is 16.7 Å². The summed E-state index contributed by atoms with van der Waals surface area (Å²) in [6.45, 7) is 3.51. The Balaban J connectivity index is 1.44. The number of carbonyl (C=O) groups excluding carboxylic acids is 3. The molecule has 2 aromatic rings. The van der Waals surface area contributed by atoms with Gasteiger partial charge in [0.2, 0.25) is 17.7 Å². The zero-order valence-electron chi connectivity index (χ0n) is 19.7. The third-order valence-corrected chi connectivity index (χ3v) is 7.65. The summed E-state index contributed by atoms with van der Waals surface area (Å²) in [5.41, 5.74) is 1.18. The third-order valence-electron chi connectivity index (χ3n) is 6.08. The number of amidine groups is 1. The molecule has 0 spiro atoms. The summed E-state index contributed by atoms with van der Waals surface area (Å²) in [5.74, 6) is -2.73. The second-order valence-corrected chi connectivity index (χ2v) is 10.9. The molecule has 2 saturated heterocycles. The van der Waals surface area contributed by atoms with Crippen LogP contribution >= 0.6 is 11.8 Å². The highest BCUT2D eigenvalue weighted by molar-refractivity contribution is 8.01. The lowest BCUT2D eigenvalue weighted by Crippen LogP contribution is -2.71. The number of anilines is 1. The lowest BCUT2D eigenvalue weighted by molar-refractivity contribution is -0.161. The number of rotatable bonds is 8. The van der Waals surface area contributed by atoms with Crippen LogP contribution in [-0.4, -0.2) is 61.7 Å². The van der Waals surface area contributed by atoms with E-state index in [9.17, 15) is 24.3 Å². The fourth-order valence-corrected chi connectivity index (χ4v) is 6.07. The molecule has 5 N–H and O–H groups in total. The summed E-state index contributed by atoms with van der Waals surface area (Å²) >= 11 is 1.32. The van der Waals surface area contributed by atoms with Crippen LogP contribution in [0.15, 0.2) is 60.7 Å². The molecule has 4 atom stereocenters. The first kappa shape index (κ1) is 25.2. The molecular formula is C25H27N5O5S. The topological polar surface area (TPSA) is 152 Å². The molecule has 10 nitrogen and oxygen atoms in total. The fourth-order valence-electron chi connectivity index (χ4n) is 4.44. The predicted octanol–water partition coefficient (Wildman–Crippen LogP) is 1.96. The van der Waals surface area contributed by atoms with E-state index in [2.05, 4.69) is 16.0 Å². The van der Waals surface area contributed by atoms with E-state index in [-0.39, 0.29) is 12.3 Å². The van der Waals surface area contributed by atoms with E-state index >= 15 is 0 Å². The minimum atomic E-state index is -1.10. The molecule has 11 heteroatoms. The van der Waals surface area contributed by atoms with Crippen molar-refractivity contribution in [2.24, 2.45) is 0 Å². The molecule has 0 saturated carbocycles. The van der Waals surface area contributed by atoms with Crippen molar-refractivity contribution in [1.82, 2.24) is 15.5 Å². The number of para-hydroxylation sites is 1. The lowest BCUT2D eigenvalue weighted by Gasteiger charge is -2.44. The summed E-state index contributed by atoms with van der Waals surface area (Å²) in [6.07, 6.45) is -0.283. The van der Waals surface area contributed by atoms with Crippen LogP contribution in [-0.2, 0) is 19.2 Å². The number of amides is 3. The van der Waals surface area contributed by atoms with Crippen LogP contribution in [0.1, 0.15) is 31.9 Å². The van der Waals surface area contributed by atoms with Crippen molar-refractivity contribution in [2.45, 2.75) is 48.5 Å². The van der Waals surface area contributed by atoms with Crippen molar-refractivity contribution < 1.29 is 24.3 Å². The molecule has 0 bridgehead atoms. The van der Waals surface area contributed by atoms with Gasteiger partial charge in [0.05, 0.1) is 6.42 Å². The van der Waals surface area contributed by atoms with Crippen molar-refractivity contribution in [3.63, 3.8) is 0 Å². The Kier molecular flexibility index (Phi) is 7.02. The van der Waals surface area contributed by atoms with Gasteiger partial charge in [-0.05, 0) is 31.5 Å². The Morgan fingerprint density at radius 1 is 1.08 bits per heavy atom. The molecule has 0 radical (unpaired) electrons. The maximum atomic E-state index is 13.3. The Bertz CT molecular complexity index is 1190. The van der Waals surface area contributed by atoms with Crippen molar-refractivity contribution in [3.05, 3.63) is 66.2 Å². The molecule has 2 aliphatic heterocycles. The molecule has 4 rings (SSSR count). The molecule has 2 aliphatic rings. The number of hydrogen-bond acceptors (Lipinski definition) is 6. The molecule has 188 valence electrons. The maximum Gasteiger partial charge on any atom is 0.327 e. The number of fused-ring (bicyclic) bond motifs is 1. The van der Waals surface area contributed by atoms with Crippen molar-refractivity contribution in [2.75, 3.05) is 5.32 Å². The summed E-state index contributed by atoms with van der Waals surface area (Å²) in [7, 11) is 0. The average molecular weight is 510 g/mol. The standard InChI is InChI=1S/C25H27N5O5S/c1-25(2)20(24(34)35)30-22(33)19(23(30)36-25)29-21(32)18(14-9-5-3-6-10-14)28-17(31)13-16(26)27-15-11-7-4-8-12-15/h3-12,18-20,23H,13H2,1-2H3,(H2,26,27)(H,28,31)(H,29,32)(H,34,35)/t18?,19?,20-,23+/m0/s1. The lowest BCUT2D eigenvalue weighted by atomic mass is 9.95. The van der Waals surface area contributed by atoms with Crippen LogP contribution in [0.25, 0.3) is 0 Å². The van der Waals surface area contributed by atoms with Crippen molar-refractivity contribution in [3.8, 4) is 0 Å². The summed E-state index contributed by atoms with van der Waals surface area (Å²) in [6, 6.07) is 14.6. The largest absolute Gasteiger partial charge is 0.480 e. The minimum Gasteiger partial charge on any atom is -0.480 e. The normalized spacial score (nSPS) is 22.6. The Morgan fingerprint density at radius 2 is 1.69 bits per heavy atom. The molecule has 2 aromatic carbocycles. The second kappa shape index (κ2) is 10.0. The highest BCUT2D eigenvalue weighted by Gasteiger charge is 2.64. The number of carboxylic acid groups (broad SMARTS) is 1. The average Bonchev–Trinajstić information content (AvgIpc) is 3.09. The summed E-state index contributed by atoms with van der Waals surface area (Å²) in [4.78, 5) is 51.8. The number of thioether (sulfide) groups is 1. The molecular weight excluding hydrogens is 482 g/mol. The maximum absolute atomic E-state index is 13.3. The molecule has 0 aliphatic carbocycles. The first-order valence-corrected chi connectivity index (χ1v) is 12.2. The Hall–Kier alpha value is -3.86. The number of nitrogens with one attached hydrogen (secondary N) is 4. The second-order valence-electron chi connectivity index (χ2n) is 9.14. The van der Waals surface area contributed by atoms with Gasteiger partial charge in [0.15, 0.2) is 0 Å². The van der Waals surface area contributed by atoms with Gasteiger partial charge >= 0.3 is 5.97 Å². The first-order valence-electron chi connectivity index (χ1n) is 11.4. The minimum absolute atomic E-state index is 0.0416. The number of nitrogens with zero attached hydrogens (tertiary/aromatic N) is 1. The van der Waals surface area contributed by atoms with Crippen molar-refractivity contribution >= 4 is 47.0 Å². The first-order chi connectivity index (χ1) is 17.1. The summed E-state index contributed by atoms with van der Waals surface area (Å²) < 4.78 is -0.717. The SMILES string of the molecule is CC1(C)S[C@@H]2C(NC(=O)C(NC(=O)CC(=N)Nc3ccccc3)c3ccccc3)C(=O)N2[C@H]1C(=O)O. The monoisotopic (exact) mass is 509 g/mol. The van der Waals surface area contributed by atoms with Gasteiger partial charge in [0, 0.05) is 10.4 Å². The van der Waals surface area contributed by atoms with E-state index in [1.807, 2.05) is 6.07 Å². The van der Waals surface area contributed by atoms with Gasteiger partial charge in [-0.3, -0.25) is 19.8 Å². The predicted molar refractivity (Wildman–Crippen MR) is 135 cm³/mol. The van der Waals surface area contributed by atoms with E-state index in [1.54, 1.807) is 68.4 Å². The van der Waals surface area contributed by atoms with Gasteiger partial charge in [-0.1, -0.05) is 48.5 Å². The number of aliphatic carboxylic acids is 1. The zero-order chi connectivity index (χ0) is 26.0. The number of benzene rings is 2. The van der Waals surface area contributed by atoms with Crippen LogP contribution in [0.4, 0.5) is 5.69 Å². The van der Waals surface area contributed by atoms with E-state index < -0.39 is 51.9 Å². The molecule has 2 heterocycles. The number of hydrogen-bond donors (Lipinski definition) is 5. The van der Waals surface area contributed by atoms with Gasteiger partial charge in [-0.25, -0.2) is 4.79 Å². The molecule has 2 unspecified atom stereocenters. The summed E-state index contributed by atoms with van der Waals surface area (Å²) in [5, 5.41) is 25.4. The van der Waals surface area contributed by atoms with Crippen LogP contribution in [0.3, 0.4) is 0 Å². The quantitative estimate of drug-likeness (QED) is 0.207. The van der Waals surface area contributed by atoms with E-state index in [4.69, 9.17) is 5.41 Å². The van der Waals surface area contributed by atoms with E-state index in [0.29, 0.717) is 11.3 Å². The Labute approximate surface area is 212 Å². The third kappa shape index (κ3) is 5.06. The van der Waals surface area contributed by atoms with E-state index in [0.717, 1.165) is 0 Å². The van der Waals surface area contributed by atoms with Gasteiger partial charge in [0.1, 0.15) is 29.3 Å².